The summed E-state index contributed by atoms with van der Waals surface area (Å²) < 4.78 is 4.46. The van der Waals surface area contributed by atoms with Crippen molar-refractivity contribution in [2.45, 2.75) is 0 Å². The van der Waals surface area contributed by atoms with E-state index < -0.39 is 5.97 Å². The molecule has 0 radical (unpaired) electrons. The molecule has 0 unspecified atom stereocenters. The van der Waals surface area contributed by atoms with E-state index in [4.69, 9.17) is 6.42 Å². The number of esters is 1. The van der Waals surface area contributed by atoms with E-state index in [9.17, 15) is 9.90 Å². The average molecular weight is 176 g/mol. The zero-order chi connectivity index (χ0) is 9.84. The molecule has 0 spiro atoms. The molecule has 0 aliphatic rings. The molecule has 3 heteroatoms. The van der Waals surface area contributed by atoms with Crippen LogP contribution in [0, 0.1) is 12.3 Å². The van der Waals surface area contributed by atoms with E-state index in [-0.39, 0.29) is 11.3 Å². The van der Waals surface area contributed by atoms with Crippen molar-refractivity contribution in [2.24, 2.45) is 0 Å². The second-order valence-electron chi connectivity index (χ2n) is 2.37. The van der Waals surface area contributed by atoms with Crippen LogP contribution in [-0.2, 0) is 4.74 Å². The van der Waals surface area contributed by atoms with Gasteiger partial charge in [0.25, 0.3) is 0 Å². The molecule has 0 saturated heterocycles. The topological polar surface area (TPSA) is 46.5 Å². The molecule has 0 atom stereocenters. The molecular formula is C10H8O3. The lowest BCUT2D eigenvalue weighted by molar-refractivity contribution is 0.0600. The largest absolute Gasteiger partial charge is 0.507 e. The predicted octanol–water partition coefficient (Wildman–Crippen LogP) is 1.16. The van der Waals surface area contributed by atoms with Gasteiger partial charge in [-0.2, -0.15) is 0 Å². The zero-order valence-electron chi connectivity index (χ0n) is 7.07. The monoisotopic (exact) mass is 176 g/mol. The third-order valence-electron chi connectivity index (χ3n) is 1.57. The van der Waals surface area contributed by atoms with Crippen molar-refractivity contribution < 1.29 is 14.6 Å². The van der Waals surface area contributed by atoms with Gasteiger partial charge < -0.3 is 9.84 Å². The molecule has 0 saturated carbocycles. The quantitative estimate of drug-likeness (QED) is 0.516. The average Bonchev–Trinajstić information content (AvgIpc) is 2.16. The molecule has 1 rings (SSSR count). The van der Waals surface area contributed by atoms with Gasteiger partial charge in [-0.25, -0.2) is 4.79 Å². The maximum atomic E-state index is 11.0. The first-order chi connectivity index (χ1) is 6.19. The highest BCUT2D eigenvalue weighted by atomic mass is 16.5. The minimum Gasteiger partial charge on any atom is -0.507 e. The standard InChI is InChI=1S/C10H8O3/c1-3-7-4-5-8(6-9(7)11)10(12)13-2/h1,4-6,11H,2H3. The van der Waals surface area contributed by atoms with Crippen LogP contribution in [0.25, 0.3) is 0 Å². The van der Waals surface area contributed by atoms with Gasteiger partial charge in [0.05, 0.1) is 18.2 Å². The van der Waals surface area contributed by atoms with E-state index in [0.717, 1.165) is 0 Å². The summed E-state index contributed by atoms with van der Waals surface area (Å²) in [5.41, 5.74) is 0.631. The van der Waals surface area contributed by atoms with E-state index in [1.807, 2.05) is 0 Å². The maximum absolute atomic E-state index is 11.0. The molecule has 0 aliphatic carbocycles. The lowest BCUT2D eigenvalue weighted by atomic mass is 10.1. The molecule has 0 amide bonds. The third-order valence-corrected chi connectivity index (χ3v) is 1.57. The molecule has 1 N–H and O–H groups in total. The van der Waals surface area contributed by atoms with Crippen LogP contribution in [0.15, 0.2) is 18.2 Å². The Balaban J connectivity index is 3.11. The fourth-order valence-electron chi connectivity index (χ4n) is 0.899. The number of hydrogen-bond donors (Lipinski definition) is 1. The Labute approximate surface area is 76.0 Å². The molecule has 1 aromatic carbocycles. The molecule has 0 fully saturated rings. The van der Waals surface area contributed by atoms with Crippen molar-refractivity contribution >= 4 is 5.97 Å². The second kappa shape index (κ2) is 3.63. The fraction of sp³-hybridized carbons (Fsp3) is 0.100. The van der Waals surface area contributed by atoms with Crippen molar-refractivity contribution in [3.8, 4) is 18.1 Å². The van der Waals surface area contributed by atoms with Crippen molar-refractivity contribution in [3.05, 3.63) is 29.3 Å². The lowest BCUT2D eigenvalue weighted by Crippen LogP contribution is -2.00. The number of ether oxygens (including phenoxy) is 1. The highest BCUT2D eigenvalue weighted by molar-refractivity contribution is 5.90. The fourth-order valence-corrected chi connectivity index (χ4v) is 0.899. The van der Waals surface area contributed by atoms with Crippen LogP contribution >= 0.6 is 0 Å². The third kappa shape index (κ3) is 1.79. The van der Waals surface area contributed by atoms with Crippen molar-refractivity contribution in [2.75, 3.05) is 7.11 Å². The number of hydrogen-bond acceptors (Lipinski definition) is 3. The van der Waals surface area contributed by atoms with Gasteiger partial charge >= 0.3 is 5.97 Å². The zero-order valence-corrected chi connectivity index (χ0v) is 7.07. The van der Waals surface area contributed by atoms with Gasteiger partial charge in [-0.05, 0) is 18.2 Å². The number of benzene rings is 1. The smallest absolute Gasteiger partial charge is 0.337 e. The van der Waals surface area contributed by atoms with E-state index >= 15 is 0 Å². The van der Waals surface area contributed by atoms with Crippen LogP contribution in [0.3, 0.4) is 0 Å². The summed E-state index contributed by atoms with van der Waals surface area (Å²) in [5.74, 6) is 1.68. The molecule has 0 bridgehead atoms. The number of carbonyl (C=O) groups is 1. The highest BCUT2D eigenvalue weighted by Crippen LogP contribution is 2.17. The number of phenols is 1. The summed E-state index contributed by atoms with van der Waals surface area (Å²) in [6.45, 7) is 0. The summed E-state index contributed by atoms with van der Waals surface area (Å²) in [4.78, 5) is 11.0. The van der Waals surface area contributed by atoms with E-state index in [2.05, 4.69) is 10.7 Å². The number of carbonyl (C=O) groups excluding carboxylic acids is 1. The molecule has 3 nitrogen and oxygen atoms in total. The first-order valence-electron chi connectivity index (χ1n) is 3.57. The first-order valence-corrected chi connectivity index (χ1v) is 3.57. The van der Waals surface area contributed by atoms with Crippen molar-refractivity contribution in [1.29, 1.82) is 0 Å². The lowest BCUT2D eigenvalue weighted by Gasteiger charge is -2.00. The number of aromatic hydroxyl groups is 1. The van der Waals surface area contributed by atoms with Crippen LogP contribution in [-0.4, -0.2) is 18.2 Å². The van der Waals surface area contributed by atoms with Crippen LogP contribution in [0.2, 0.25) is 0 Å². The highest BCUT2D eigenvalue weighted by Gasteiger charge is 2.07. The van der Waals surface area contributed by atoms with Gasteiger partial charge in [-0.3, -0.25) is 0 Å². The summed E-state index contributed by atoms with van der Waals surface area (Å²) in [6, 6.07) is 4.27. The maximum Gasteiger partial charge on any atom is 0.337 e. The Hall–Kier alpha value is -1.95. The van der Waals surface area contributed by atoms with Crippen LogP contribution in [0.1, 0.15) is 15.9 Å². The molecule has 0 heterocycles. The number of rotatable bonds is 1. The Morgan fingerprint density at radius 3 is 2.77 bits per heavy atom. The van der Waals surface area contributed by atoms with Gasteiger partial charge in [0.15, 0.2) is 0 Å². The number of methoxy groups -OCH3 is 1. The number of phenolic OH excluding ortho intramolecular Hbond substituents is 1. The Morgan fingerprint density at radius 1 is 1.62 bits per heavy atom. The Kier molecular flexibility index (Phi) is 2.56. The van der Waals surface area contributed by atoms with Gasteiger partial charge in [-0.1, -0.05) is 5.92 Å². The molecule has 66 valence electrons. The number of terminal acetylenes is 1. The normalized spacial score (nSPS) is 8.92. The summed E-state index contributed by atoms with van der Waals surface area (Å²) in [7, 11) is 1.27. The van der Waals surface area contributed by atoms with E-state index in [1.54, 1.807) is 0 Å². The summed E-state index contributed by atoms with van der Waals surface area (Å²) in [5, 5.41) is 9.29. The molecule has 1 aromatic rings. The second-order valence-corrected chi connectivity index (χ2v) is 2.37. The van der Waals surface area contributed by atoms with Crippen LogP contribution in [0.5, 0.6) is 5.75 Å². The summed E-state index contributed by atoms with van der Waals surface area (Å²) >= 11 is 0. The van der Waals surface area contributed by atoms with Gasteiger partial charge in [0.1, 0.15) is 5.75 Å². The van der Waals surface area contributed by atoms with Crippen LogP contribution < -0.4 is 0 Å². The molecule has 0 aromatic heterocycles. The Bertz CT molecular complexity index is 374. The minimum atomic E-state index is -0.501. The van der Waals surface area contributed by atoms with Crippen molar-refractivity contribution in [3.63, 3.8) is 0 Å². The van der Waals surface area contributed by atoms with Crippen LogP contribution in [0.4, 0.5) is 0 Å². The van der Waals surface area contributed by atoms with Gasteiger partial charge in [0, 0.05) is 0 Å². The predicted molar refractivity (Wildman–Crippen MR) is 47.4 cm³/mol. The minimum absolute atomic E-state index is 0.0922. The Morgan fingerprint density at radius 2 is 2.31 bits per heavy atom. The van der Waals surface area contributed by atoms with E-state index in [1.165, 1.54) is 25.3 Å². The van der Waals surface area contributed by atoms with E-state index in [0.29, 0.717) is 5.56 Å². The van der Waals surface area contributed by atoms with Crippen molar-refractivity contribution in [1.82, 2.24) is 0 Å². The molecule has 0 aliphatic heterocycles. The molecular weight excluding hydrogens is 168 g/mol. The summed E-state index contributed by atoms with van der Waals surface area (Å²) in [6.07, 6.45) is 5.08. The SMILES string of the molecule is C#Cc1ccc(C(=O)OC)cc1O. The molecule has 13 heavy (non-hydrogen) atoms. The van der Waals surface area contributed by atoms with Gasteiger partial charge in [-0.15, -0.1) is 6.42 Å². The first kappa shape index (κ1) is 9.14. The van der Waals surface area contributed by atoms with Gasteiger partial charge in [0.2, 0.25) is 0 Å².